The molecule has 1 aliphatic rings. The van der Waals surface area contributed by atoms with E-state index >= 15 is 0 Å². The number of aromatic nitrogens is 2. The number of nitrogens with zero attached hydrogens (tertiary/aromatic N) is 3. The molecule has 1 atom stereocenters. The molecule has 0 saturated heterocycles. The average molecular weight is 319 g/mol. The molecule has 0 amide bonds. The molecule has 4 rings (SSSR count). The van der Waals surface area contributed by atoms with Crippen LogP contribution in [0.5, 0.6) is 0 Å². The number of benzene rings is 2. The van der Waals surface area contributed by atoms with E-state index in [2.05, 4.69) is 65.4 Å². The lowest BCUT2D eigenvalue weighted by Gasteiger charge is -2.23. The summed E-state index contributed by atoms with van der Waals surface area (Å²) in [5, 5.41) is 4.14. The summed E-state index contributed by atoms with van der Waals surface area (Å²) in [6.45, 7) is 2.73. The topological polar surface area (TPSA) is 42.2 Å². The van der Waals surface area contributed by atoms with Gasteiger partial charge >= 0.3 is 0 Å². The smallest absolute Gasteiger partial charge is 0.241 e. The van der Waals surface area contributed by atoms with Crippen LogP contribution in [-0.4, -0.2) is 22.1 Å². The largest absolute Gasteiger partial charge is 0.338 e. The maximum Gasteiger partial charge on any atom is 0.241 e. The van der Waals surface area contributed by atoms with Crippen LogP contribution in [0.1, 0.15) is 35.0 Å². The number of hydrogen-bond acceptors (Lipinski definition) is 4. The predicted octanol–water partition coefficient (Wildman–Crippen LogP) is 4.16. The zero-order valence-electron chi connectivity index (χ0n) is 14.1. The summed E-state index contributed by atoms with van der Waals surface area (Å²) in [6.07, 6.45) is 2.29. The predicted molar refractivity (Wildman–Crippen MR) is 93.4 cm³/mol. The van der Waals surface area contributed by atoms with Crippen LogP contribution in [0.3, 0.4) is 0 Å². The zero-order chi connectivity index (χ0) is 16.5. The molecule has 4 nitrogen and oxygen atoms in total. The van der Waals surface area contributed by atoms with Gasteiger partial charge in [-0.05, 0) is 44.0 Å². The van der Waals surface area contributed by atoms with Gasteiger partial charge < -0.3 is 4.52 Å². The quantitative estimate of drug-likeness (QED) is 0.724. The second kappa shape index (κ2) is 6.21. The van der Waals surface area contributed by atoms with Gasteiger partial charge in [0.15, 0.2) is 0 Å². The van der Waals surface area contributed by atoms with E-state index in [1.54, 1.807) is 0 Å². The molecule has 0 aliphatic heterocycles. The van der Waals surface area contributed by atoms with Gasteiger partial charge in [-0.3, -0.25) is 4.90 Å². The molecule has 24 heavy (non-hydrogen) atoms. The molecule has 0 spiro atoms. The minimum absolute atomic E-state index is 0.426. The fraction of sp³-hybridized carbons (Fsp3) is 0.300. The van der Waals surface area contributed by atoms with E-state index in [0.29, 0.717) is 24.3 Å². The molecule has 0 saturated carbocycles. The maximum atomic E-state index is 5.47. The van der Waals surface area contributed by atoms with Gasteiger partial charge in [-0.1, -0.05) is 53.2 Å². The van der Waals surface area contributed by atoms with Gasteiger partial charge in [-0.15, -0.1) is 0 Å². The number of aryl methyl sites for hydroxylation is 2. The van der Waals surface area contributed by atoms with Crippen molar-refractivity contribution >= 4 is 0 Å². The molecule has 0 N–H and O–H groups in total. The van der Waals surface area contributed by atoms with Crippen LogP contribution in [0.25, 0.3) is 11.4 Å². The van der Waals surface area contributed by atoms with E-state index < -0.39 is 0 Å². The van der Waals surface area contributed by atoms with Crippen LogP contribution in [-0.2, 0) is 13.0 Å². The van der Waals surface area contributed by atoms with Crippen molar-refractivity contribution in [2.45, 2.75) is 32.4 Å². The highest BCUT2D eigenvalue weighted by molar-refractivity contribution is 5.55. The molecule has 1 unspecified atom stereocenters. The molecule has 1 aromatic heterocycles. The second-order valence-corrected chi connectivity index (χ2v) is 6.55. The van der Waals surface area contributed by atoms with Crippen molar-refractivity contribution in [1.29, 1.82) is 0 Å². The van der Waals surface area contributed by atoms with Gasteiger partial charge in [-0.2, -0.15) is 4.98 Å². The third-order valence-electron chi connectivity index (χ3n) is 4.76. The molecule has 4 heteroatoms. The molecule has 0 bridgehead atoms. The van der Waals surface area contributed by atoms with Crippen molar-refractivity contribution in [3.63, 3.8) is 0 Å². The molecule has 1 aliphatic carbocycles. The Morgan fingerprint density at radius 3 is 2.92 bits per heavy atom. The summed E-state index contributed by atoms with van der Waals surface area (Å²) >= 11 is 0. The fourth-order valence-electron chi connectivity index (χ4n) is 3.54. The first-order chi connectivity index (χ1) is 11.7. The highest BCUT2D eigenvalue weighted by Crippen LogP contribution is 2.35. The lowest BCUT2D eigenvalue weighted by Crippen LogP contribution is -2.22. The van der Waals surface area contributed by atoms with Gasteiger partial charge in [-0.25, -0.2) is 0 Å². The Hall–Kier alpha value is -2.46. The number of hydrogen-bond donors (Lipinski definition) is 0. The fourth-order valence-corrected chi connectivity index (χ4v) is 3.54. The number of fused-ring (bicyclic) bond motifs is 1. The Balaban J connectivity index is 1.50. The van der Waals surface area contributed by atoms with Crippen molar-refractivity contribution in [2.24, 2.45) is 0 Å². The SMILES string of the molecule is Cc1cccc(-c2noc(CN(C)C3CCc4ccccc43)n2)c1. The van der Waals surface area contributed by atoms with Crippen LogP contribution < -0.4 is 0 Å². The monoisotopic (exact) mass is 319 g/mol. The molecule has 2 aromatic carbocycles. The van der Waals surface area contributed by atoms with Crippen LogP contribution in [0, 0.1) is 6.92 Å². The van der Waals surface area contributed by atoms with E-state index in [1.165, 1.54) is 16.7 Å². The Bertz CT molecular complexity index is 855. The molecular formula is C20H21N3O. The number of rotatable bonds is 4. The van der Waals surface area contributed by atoms with E-state index in [0.717, 1.165) is 18.4 Å². The average Bonchev–Trinajstić information content (AvgIpc) is 3.21. The highest BCUT2D eigenvalue weighted by atomic mass is 16.5. The molecule has 0 fully saturated rings. The van der Waals surface area contributed by atoms with E-state index in [-0.39, 0.29) is 0 Å². The third kappa shape index (κ3) is 2.85. The van der Waals surface area contributed by atoms with Crippen LogP contribution in [0.4, 0.5) is 0 Å². The summed E-state index contributed by atoms with van der Waals surface area (Å²) in [5.41, 5.74) is 5.08. The van der Waals surface area contributed by atoms with E-state index in [9.17, 15) is 0 Å². The van der Waals surface area contributed by atoms with Crippen LogP contribution in [0.15, 0.2) is 53.1 Å². The third-order valence-corrected chi connectivity index (χ3v) is 4.76. The summed E-state index contributed by atoms with van der Waals surface area (Å²) in [7, 11) is 2.13. The summed E-state index contributed by atoms with van der Waals surface area (Å²) in [6, 6.07) is 17.3. The molecule has 0 radical (unpaired) electrons. The van der Waals surface area contributed by atoms with Gasteiger partial charge in [0.05, 0.1) is 6.54 Å². The lowest BCUT2D eigenvalue weighted by atomic mass is 10.1. The summed E-state index contributed by atoms with van der Waals surface area (Å²) in [4.78, 5) is 6.87. The molecule has 3 aromatic rings. The normalized spacial score (nSPS) is 16.5. The first-order valence-electron chi connectivity index (χ1n) is 8.38. The molecule has 122 valence electrons. The van der Waals surface area contributed by atoms with E-state index in [1.807, 2.05) is 12.1 Å². The summed E-state index contributed by atoms with van der Waals surface area (Å²) in [5.74, 6) is 1.33. The minimum atomic E-state index is 0.426. The van der Waals surface area contributed by atoms with Crippen molar-refractivity contribution < 1.29 is 4.52 Å². The van der Waals surface area contributed by atoms with Crippen LogP contribution in [0.2, 0.25) is 0 Å². The lowest BCUT2D eigenvalue weighted by molar-refractivity contribution is 0.204. The molecule has 1 heterocycles. The van der Waals surface area contributed by atoms with Crippen LogP contribution >= 0.6 is 0 Å². The van der Waals surface area contributed by atoms with E-state index in [4.69, 9.17) is 4.52 Å². The Morgan fingerprint density at radius 2 is 2.04 bits per heavy atom. The Labute approximate surface area is 142 Å². The van der Waals surface area contributed by atoms with Crippen molar-refractivity contribution in [1.82, 2.24) is 15.0 Å². The second-order valence-electron chi connectivity index (χ2n) is 6.55. The first kappa shape index (κ1) is 15.1. The molecular weight excluding hydrogens is 298 g/mol. The minimum Gasteiger partial charge on any atom is -0.338 e. The Morgan fingerprint density at radius 1 is 1.17 bits per heavy atom. The van der Waals surface area contributed by atoms with Gasteiger partial charge in [0.25, 0.3) is 0 Å². The van der Waals surface area contributed by atoms with Gasteiger partial charge in [0, 0.05) is 11.6 Å². The van der Waals surface area contributed by atoms with Gasteiger partial charge in [0.1, 0.15) is 0 Å². The first-order valence-corrected chi connectivity index (χ1v) is 8.38. The van der Waals surface area contributed by atoms with Crippen molar-refractivity contribution in [3.05, 3.63) is 71.1 Å². The van der Waals surface area contributed by atoms with Gasteiger partial charge in [0.2, 0.25) is 11.7 Å². The standard InChI is InChI=1S/C20H21N3O/c1-14-6-5-8-16(12-14)20-21-19(24-22-20)13-23(2)18-11-10-15-7-3-4-9-17(15)18/h3-9,12,18H,10-11,13H2,1-2H3. The van der Waals surface area contributed by atoms with Crippen molar-refractivity contribution in [3.8, 4) is 11.4 Å². The highest BCUT2D eigenvalue weighted by Gasteiger charge is 2.26. The summed E-state index contributed by atoms with van der Waals surface area (Å²) < 4.78 is 5.47. The van der Waals surface area contributed by atoms with Crippen molar-refractivity contribution in [2.75, 3.05) is 7.05 Å². The maximum absolute atomic E-state index is 5.47. The zero-order valence-corrected chi connectivity index (χ0v) is 14.1. The Kier molecular flexibility index (Phi) is 3.90.